The maximum absolute atomic E-state index is 12.1. The van der Waals surface area contributed by atoms with Crippen LogP contribution in [-0.4, -0.2) is 36.7 Å². The van der Waals surface area contributed by atoms with Crippen molar-refractivity contribution in [3.63, 3.8) is 0 Å². The molecule has 136 valence electrons. The van der Waals surface area contributed by atoms with Crippen molar-refractivity contribution in [1.29, 1.82) is 5.26 Å². The van der Waals surface area contributed by atoms with Gasteiger partial charge in [-0.15, -0.1) is 11.8 Å². The summed E-state index contributed by atoms with van der Waals surface area (Å²) in [5.41, 5.74) is 1.31. The first-order valence-corrected chi connectivity index (χ1v) is 9.04. The second-order valence-corrected chi connectivity index (χ2v) is 6.62. The number of amides is 2. The third-order valence-corrected chi connectivity index (χ3v) is 4.83. The van der Waals surface area contributed by atoms with E-state index in [0.29, 0.717) is 16.9 Å². The molecule has 0 aromatic heterocycles. The summed E-state index contributed by atoms with van der Waals surface area (Å²) in [7, 11) is 0. The van der Waals surface area contributed by atoms with Crippen LogP contribution in [0.3, 0.4) is 0 Å². The van der Waals surface area contributed by atoms with E-state index in [-0.39, 0.29) is 18.2 Å². The lowest BCUT2D eigenvalue weighted by Crippen LogP contribution is -2.40. The first kappa shape index (κ1) is 18.5. The van der Waals surface area contributed by atoms with E-state index in [1.54, 1.807) is 36.4 Å². The van der Waals surface area contributed by atoms with Gasteiger partial charge < -0.3 is 10.1 Å². The lowest BCUT2D eigenvalue weighted by molar-refractivity contribution is -0.146. The quantitative estimate of drug-likeness (QED) is 0.797. The summed E-state index contributed by atoms with van der Waals surface area (Å²) in [6, 6.07) is 15.8. The van der Waals surface area contributed by atoms with E-state index < -0.39 is 18.5 Å². The summed E-state index contributed by atoms with van der Waals surface area (Å²) in [5.74, 6) is -1.20. The number of rotatable bonds is 5. The number of hydrogen-bond donors (Lipinski definition) is 1. The molecule has 0 unspecified atom stereocenters. The number of carbonyl (C=O) groups is 3. The number of nitrogens with zero attached hydrogens (tertiary/aromatic N) is 2. The smallest absolute Gasteiger partial charge is 0.326 e. The Balaban J connectivity index is 1.56. The van der Waals surface area contributed by atoms with Crippen molar-refractivity contribution in [3.05, 3.63) is 54.1 Å². The van der Waals surface area contributed by atoms with Gasteiger partial charge in [-0.2, -0.15) is 5.26 Å². The summed E-state index contributed by atoms with van der Waals surface area (Å²) in [6.45, 7) is -0.768. The van der Waals surface area contributed by atoms with Gasteiger partial charge in [-0.25, -0.2) is 0 Å². The fourth-order valence-corrected chi connectivity index (χ4v) is 3.46. The fourth-order valence-electron chi connectivity index (χ4n) is 2.52. The minimum absolute atomic E-state index is 0.192. The molecule has 0 radical (unpaired) electrons. The number of nitriles is 1. The van der Waals surface area contributed by atoms with E-state index in [9.17, 15) is 14.4 Å². The first-order valence-electron chi connectivity index (χ1n) is 8.05. The molecule has 0 aliphatic carbocycles. The van der Waals surface area contributed by atoms with Crippen LogP contribution >= 0.6 is 11.8 Å². The normalized spacial score (nSPS) is 12.7. The molecule has 1 heterocycles. The van der Waals surface area contributed by atoms with Gasteiger partial charge in [0.15, 0.2) is 6.61 Å². The van der Waals surface area contributed by atoms with E-state index in [1.165, 1.54) is 16.7 Å². The zero-order valence-corrected chi connectivity index (χ0v) is 15.0. The van der Waals surface area contributed by atoms with Crippen LogP contribution in [0.1, 0.15) is 5.56 Å². The molecular formula is C19H15N3O4S. The van der Waals surface area contributed by atoms with Gasteiger partial charge in [0.2, 0.25) is 5.91 Å². The summed E-state index contributed by atoms with van der Waals surface area (Å²) in [4.78, 5) is 38.5. The molecule has 1 aliphatic heterocycles. The highest BCUT2D eigenvalue weighted by Crippen LogP contribution is 2.34. The van der Waals surface area contributed by atoms with Crippen molar-refractivity contribution >= 4 is 40.9 Å². The van der Waals surface area contributed by atoms with Crippen molar-refractivity contribution < 1.29 is 19.1 Å². The minimum atomic E-state index is -0.686. The summed E-state index contributed by atoms with van der Waals surface area (Å²) < 4.78 is 4.98. The van der Waals surface area contributed by atoms with Crippen LogP contribution in [-0.2, 0) is 19.1 Å². The number of thioether (sulfide) groups is 1. The van der Waals surface area contributed by atoms with Crippen LogP contribution < -0.4 is 10.2 Å². The number of carbonyl (C=O) groups excluding carboxylic acids is 3. The largest absolute Gasteiger partial charge is 0.454 e. The fraction of sp³-hybridized carbons (Fsp3) is 0.158. The summed E-state index contributed by atoms with van der Waals surface area (Å²) in [5, 5.41) is 11.5. The predicted molar refractivity (Wildman–Crippen MR) is 100 cm³/mol. The van der Waals surface area contributed by atoms with E-state index in [0.717, 1.165) is 4.90 Å². The molecule has 2 amide bonds. The molecule has 8 heteroatoms. The van der Waals surface area contributed by atoms with Gasteiger partial charge in [0.1, 0.15) is 12.6 Å². The molecule has 0 fully saturated rings. The van der Waals surface area contributed by atoms with Crippen LogP contribution in [0.15, 0.2) is 53.4 Å². The summed E-state index contributed by atoms with van der Waals surface area (Å²) >= 11 is 1.42. The Labute approximate surface area is 159 Å². The predicted octanol–water partition coefficient (Wildman–Crippen LogP) is 2.18. The van der Waals surface area contributed by atoms with Crippen molar-refractivity contribution in [2.45, 2.75) is 4.90 Å². The Morgan fingerprint density at radius 2 is 1.93 bits per heavy atom. The molecule has 27 heavy (non-hydrogen) atoms. The van der Waals surface area contributed by atoms with Crippen LogP contribution in [0.5, 0.6) is 0 Å². The first-order chi connectivity index (χ1) is 13.1. The Hall–Kier alpha value is -3.31. The van der Waals surface area contributed by atoms with Gasteiger partial charge in [-0.1, -0.05) is 24.3 Å². The zero-order valence-electron chi connectivity index (χ0n) is 14.2. The van der Waals surface area contributed by atoms with Crippen LogP contribution in [0, 0.1) is 11.3 Å². The molecule has 2 aromatic carbocycles. The monoisotopic (exact) mass is 381 g/mol. The Bertz CT molecular complexity index is 939. The average Bonchev–Trinajstić information content (AvgIpc) is 2.69. The van der Waals surface area contributed by atoms with Gasteiger partial charge in [-0.05, 0) is 24.3 Å². The van der Waals surface area contributed by atoms with Gasteiger partial charge in [-0.3, -0.25) is 19.3 Å². The summed E-state index contributed by atoms with van der Waals surface area (Å²) in [6.07, 6.45) is 0. The Morgan fingerprint density at radius 1 is 1.19 bits per heavy atom. The molecule has 7 nitrogen and oxygen atoms in total. The molecule has 0 atom stereocenters. The van der Waals surface area contributed by atoms with Crippen LogP contribution in [0.25, 0.3) is 0 Å². The van der Waals surface area contributed by atoms with E-state index in [1.807, 2.05) is 18.2 Å². The molecule has 1 N–H and O–H groups in total. The molecule has 0 spiro atoms. The van der Waals surface area contributed by atoms with Gasteiger partial charge in [0, 0.05) is 4.90 Å². The lowest BCUT2D eigenvalue weighted by atomic mass is 10.2. The highest BCUT2D eigenvalue weighted by molar-refractivity contribution is 8.00. The van der Waals surface area contributed by atoms with E-state index in [4.69, 9.17) is 10.00 Å². The molecule has 3 rings (SSSR count). The van der Waals surface area contributed by atoms with E-state index >= 15 is 0 Å². The van der Waals surface area contributed by atoms with Crippen molar-refractivity contribution in [2.75, 3.05) is 29.1 Å². The number of nitrogens with one attached hydrogen (secondary N) is 1. The highest BCUT2D eigenvalue weighted by atomic mass is 32.2. The minimum Gasteiger partial charge on any atom is -0.454 e. The standard InChI is InChI=1S/C19H15N3O4S/c20-9-13-5-1-2-6-14(13)21-17(23)11-26-19(25)10-22-15-7-3-4-8-16(15)27-12-18(22)24/h1-8H,10-12H2,(H,21,23). The maximum atomic E-state index is 12.1. The van der Waals surface area contributed by atoms with Crippen molar-refractivity contribution in [3.8, 4) is 6.07 Å². The lowest BCUT2D eigenvalue weighted by Gasteiger charge is -2.27. The maximum Gasteiger partial charge on any atom is 0.326 e. The van der Waals surface area contributed by atoms with E-state index in [2.05, 4.69) is 5.32 Å². The third kappa shape index (κ3) is 4.46. The number of ether oxygens (including phenoxy) is 1. The number of para-hydroxylation sites is 2. The SMILES string of the molecule is N#Cc1ccccc1NC(=O)COC(=O)CN1C(=O)CSc2ccccc21. The number of fused-ring (bicyclic) bond motifs is 1. The Kier molecular flexibility index (Phi) is 5.74. The molecule has 0 saturated carbocycles. The van der Waals surface area contributed by atoms with Crippen LogP contribution in [0.2, 0.25) is 0 Å². The zero-order chi connectivity index (χ0) is 19.2. The topological polar surface area (TPSA) is 99.5 Å². The molecular weight excluding hydrogens is 366 g/mol. The molecule has 1 aliphatic rings. The number of hydrogen-bond acceptors (Lipinski definition) is 6. The highest BCUT2D eigenvalue weighted by Gasteiger charge is 2.26. The number of anilines is 2. The third-order valence-electron chi connectivity index (χ3n) is 3.78. The molecule has 2 aromatic rings. The van der Waals surface area contributed by atoms with Gasteiger partial charge >= 0.3 is 5.97 Å². The second kappa shape index (κ2) is 8.38. The van der Waals surface area contributed by atoms with Crippen LogP contribution in [0.4, 0.5) is 11.4 Å². The molecule has 0 bridgehead atoms. The number of esters is 1. The molecule has 0 saturated heterocycles. The van der Waals surface area contributed by atoms with Crippen molar-refractivity contribution in [2.24, 2.45) is 0 Å². The van der Waals surface area contributed by atoms with Gasteiger partial charge in [0.25, 0.3) is 5.91 Å². The second-order valence-electron chi connectivity index (χ2n) is 5.60. The number of benzene rings is 2. The van der Waals surface area contributed by atoms with Gasteiger partial charge in [0.05, 0.1) is 22.7 Å². The van der Waals surface area contributed by atoms with Crippen molar-refractivity contribution in [1.82, 2.24) is 0 Å². The Morgan fingerprint density at radius 3 is 2.74 bits per heavy atom. The average molecular weight is 381 g/mol.